The molecule has 0 spiro atoms. The van der Waals surface area contributed by atoms with Crippen LogP contribution in [-0.4, -0.2) is 79.4 Å². The van der Waals surface area contributed by atoms with Crippen LogP contribution in [0.1, 0.15) is 60.3 Å². The molecule has 6 nitrogen and oxygen atoms in total. The Kier molecular flexibility index (Phi) is 8.57. The zero-order chi connectivity index (χ0) is 20.6. The summed E-state index contributed by atoms with van der Waals surface area (Å²) in [7, 11) is 1.73. The first-order chi connectivity index (χ1) is 14.1. The lowest BCUT2D eigenvalue weighted by atomic mass is 10.0. The minimum absolute atomic E-state index is 0.199. The van der Waals surface area contributed by atoms with Crippen LogP contribution in [0.25, 0.3) is 0 Å². The molecule has 2 saturated heterocycles. The third-order valence-corrected chi connectivity index (χ3v) is 6.50. The molecule has 0 aromatic carbocycles. The van der Waals surface area contributed by atoms with Gasteiger partial charge in [0.1, 0.15) is 0 Å². The first-order valence-electron chi connectivity index (χ1n) is 11.4. The van der Waals surface area contributed by atoms with E-state index in [1.54, 1.807) is 7.11 Å². The van der Waals surface area contributed by atoms with E-state index in [4.69, 9.17) is 9.47 Å². The van der Waals surface area contributed by atoms with E-state index >= 15 is 0 Å². The number of nitrogens with zero attached hydrogens (tertiary/aromatic N) is 3. The summed E-state index contributed by atoms with van der Waals surface area (Å²) in [6, 6.07) is 2.38. The number of aryl methyl sites for hydroxylation is 1. The number of aromatic nitrogens is 1. The first-order valence-corrected chi connectivity index (χ1v) is 11.4. The molecule has 1 amide bonds. The van der Waals surface area contributed by atoms with Crippen LogP contribution >= 0.6 is 0 Å². The molecule has 1 aromatic heterocycles. The maximum atomic E-state index is 13.6. The fourth-order valence-electron chi connectivity index (χ4n) is 4.80. The minimum Gasteiger partial charge on any atom is -0.385 e. The molecule has 2 fully saturated rings. The van der Waals surface area contributed by atoms with Crippen molar-refractivity contribution >= 4 is 5.91 Å². The lowest BCUT2D eigenvalue weighted by Gasteiger charge is -2.35. The predicted octanol–water partition coefficient (Wildman–Crippen LogP) is 3.25. The second-order valence-corrected chi connectivity index (χ2v) is 8.53. The zero-order valence-electron chi connectivity index (χ0n) is 18.6. The zero-order valence-corrected chi connectivity index (χ0v) is 18.6. The van der Waals surface area contributed by atoms with Crippen molar-refractivity contribution in [3.63, 3.8) is 0 Å². The van der Waals surface area contributed by atoms with E-state index < -0.39 is 0 Å². The summed E-state index contributed by atoms with van der Waals surface area (Å²) in [6.07, 6.45) is 6.54. The van der Waals surface area contributed by atoms with Gasteiger partial charge in [0, 0.05) is 57.4 Å². The summed E-state index contributed by atoms with van der Waals surface area (Å²) in [6.45, 7) is 11.7. The topological polar surface area (TPSA) is 46.9 Å². The van der Waals surface area contributed by atoms with Crippen molar-refractivity contribution in [3.8, 4) is 0 Å². The van der Waals surface area contributed by atoms with E-state index in [1.807, 2.05) is 0 Å². The Bertz CT molecular complexity index is 646. The number of ether oxygens (including phenoxy) is 2. The molecule has 1 aromatic rings. The van der Waals surface area contributed by atoms with Gasteiger partial charge in [0.25, 0.3) is 5.91 Å². The fraction of sp³-hybridized carbons (Fsp3) is 0.783. The number of likely N-dealkylation sites (tertiary alicyclic amines) is 1. The van der Waals surface area contributed by atoms with Gasteiger partial charge < -0.3 is 23.8 Å². The van der Waals surface area contributed by atoms with Crippen LogP contribution in [0.3, 0.4) is 0 Å². The van der Waals surface area contributed by atoms with Crippen molar-refractivity contribution in [1.29, 1.82) is 0 Å². The molecule has 29 heavy (non-hydrogen) atoms. The maximum absolute atomic E-state index is 13.6. The third-order valence-electron chi connectivity index (χ3n) is 6.50. The van der Waals surface area contributed by atoms with Gasteiger partial charge in [-0.3, -0.25) is 4.79 Å². The van der Waals surface area contributed by atoms with Crippen LogP contribution in [0.5, 0.6) is 0 Å². The molecule has 3 rings (SSSR count). The Morgan fingerprint density at radius 2 is 1.90 bits per heavy atom. The van der Waals surface area contributed by atoms with Gasteiger partial charge in [-0.05, 0) is 78.1 Å². The quantitative estimate of drug-likeness (QED) is 0.561. The van der Waals surface area contributed by atoms with Crippen molar-refractivity contribution < 1.29 is 14.3 Å². The number of carbonyl (C=O) groups is 1. The van der Waals surface area contributed by atoms with E-state index in [1.165, 1.54) is 25.9 Å². The average Bonchev–Trinajstić information content (AvgIpc) is 3.35. The van der Waals surface area contributed by atoms with Crippen molar-refractivity contribution in [2.24, 2.45) is 0 Å². The number of hydrogen-bond donors (Lipinski definition) is 0. The monoisotopic (exact) mass is 405 g/mol. The molecule has 0 bridgehead atoms. The normalized spacial score (nSPS) is 18.4. The van der Waals surface area contributed by atoms with Crippen molar-refractivity contribution in [2.45, 2.75) is 65.0 Å². The highest BCUT2D eigenvalue weighted by molar-refractivity contribution is 5.96. The summed E-state index contributed by atoms with van der Waals surface area (Å²) >= 11 is 0. The molecular weight excluding hydrogens is 366 g/mol. The Morgan fingerprint density at radius 1 is 1.17 bits per heavy atom. The van der Waals surface area contributed by atoms with Crippen LogP contribution < -0.4 is 0 Å². The number of rotatable bonds is 10. The lowest BCUT2D eigenvalue weighted by Crippen LogP contribution is -2.44. The summed E-state index contributed by atoms with van der Waals surface area (Å²) < 4.78 is 13.0. The van der Waals surface area contributed by atoms with Gasteiger partial charge in [0.05, 0.1) is 5.56 Å². The molecule has 3 heterocycles. The van der Waals surface area contributed by atoms with Gasteiger partial charge in [0.2, 0.25) is 0 Å². The summed E-state index contributed by atoms with van der Waals surface area (Å²) in [5.41, 5.74) is 3.11. The standard InChI is InChI=1S/C23H39N3O3/c1-19-18-22(20(2)25(19)14-7-15-28-3)23(27)26(21-8-16-29-17-9-21)13-6-12-24-10-4-5-11-24/h18,21H,4-17H2,1-3H3. The van der Waals surface area contributed by atoms with Gasteiger partial charge in [-0.25, -0.2) is 0 Å². The Morgan fingerprint density at radius 3 is 2.59 bits per heavy atom. The SMILES string of the molecule is COCCCn1c(C)cc(C(=O)N(CCCN2CCCC2)C2CCOCC2)c1C. The van der Waals surface area contributed by atoms with Crippen molar-refractivity contribution in [1.82, 2.24) is 14.4 Å². The summed E-state index contributed by atoms with van der Waals surface area (Å²) in [4.78, 5) is 18.3. The molecule has 0 atom stereocenters. The highest BCUT2D eigenvalue weighted by atomic mass is 16.5. The van der Waals surface area contributed by atoms with E-state index in [-0.39, 0.29) is 5.91 Å². The third kappa shape index (κ3) is 5.83. The second-order valence-electron chi connectivity index (χ2n) is 8.53. The van der Waals surface area contributed by atoms with Gasteiger partial charge in [-0.1, -0.05) is 0 Å². The summed E-state index contributed by atoms with van der Waals surface area (Å²) in [5.74, 6) is 0.199. The first kappa shape index (κ1) is 22.3. The van der Waals surface area contributed by atoms with E-state index in [2.05, 4.69) is 34.3 Å². The smallest absolute Gasteiger partial charge is 0.255 e. The molecule has 0 unspecified atom stereocenters. The highest BCUT2D eigenvalue weighted by Gasteiger charge is 2.29. The molecule has 0 aliphatic carbocycles. The van der Waals surface area contributed by atoms with Gasteiger partial charge >= 0.3 is 0 Å². The van der Waals surface area contributed by atoms with E-state index in [0.29, 0.717) is 6.04 Å². The Balaban J connectivity index is 1.70. The molecule has 164 valence electrons. The van der Waals surface area contributed by atoms with Gasteiger partial charge in [0.15, 0.2) is 0 Å². The molecule has 2 aliphatic heterocycles. The highest BCUT2D eigenvalue weighted by Crippen LogP contribution is 2.23. The molecular formula is C23H39N3O3. The number of amides is 1. The van der Waals surface area contributed by atoms with E-state index in [9.17, 15) is 4.79 Å². The van der Waals surface area contributed by atoms with Gasteiger partial charge in [-0.15, -0.1) is 0 Å². The minimum atomic E-state index is 0.199. The van der Waals surface area contributed by atoms with Crippen LogP contribution in [0.15, 0.2) is 6.07 Å². The Labute approximate surface area is 176 Å². The molecule has 0 N–H and O–H groups in total. The maximum Gasteiger partial charge on any atom is 0.255 e. The van der Waals surface area contributed by atoms with Crippen LogP contribution in [0, 0.1) is 13.8 Å². The largest absolute Gasteiger partial charge is 0.385 e. The molecule has 6 heteroatoms. The van der Waals surface area contributed by atoms with Crippen LogP contribution in [0.2, 0.25) is 0 Å². The fourth-order valence-corrected chi connectivity index (χ4v) is 4.80. The van der Waals surface area contributed by atoms with Crippen molar-refractivity contribution in [2.75, 3.05) is 53.1 Å². The molecule has 2 aliphatic rings. The van der Waals surface area contributed by atoms with Gasteiger partial charge in [-0.2, -0.15) is 0 Å². The molecule has 0 radical (unpaired) electrons. The second kappa shape index (κ2) is 11.1. The number of methoxy groups -OCH3 is 1. The average molecular weight is 406 g/mol. The number of hydrogen-bond acceptors (Lipinski definition) is 4. The Hall–Kier alpha value is -1.37. The predicted molar refractivity (Wildman–Crippen MR) is 116 cm³/mol. The number of carbonyl (C=O) groups excluding carboxylic acids is 1. The summed E-state index contributed by atoms with van der Waals surface area (Å²) in [5, 5.41) is 0. The van der Waals surface area contributed by atoms with E-state index in [0.717, 1.165) is 82.1 Å². The lowest BCUT2D eigenvalue weighted by molar-refractivity contribution is 0.0281. The van der Waals surface area contributed by atoms with Crippen molar-refractivity contribution in [3.05, 3.63) is 23.0 Å². The molecule has 0 saturated carbocycles. The van der Waals surface area contributed by atoms with Crippen LogP contribution in [-0.2, 0) is 16.0 Å². The van der Waals surface area contributed by atoms with Crippen LogP contribution in [0.4, 0.5) is 0 Å².